The van der Waals surface area contributed by atoms with Gasteiger partial charge in [0.25, 0.3) is 5.91 Å². The van der Waals surface area contributed by atoms with E-state index in [0.29, 0.717) is 13.2 Å². The summed E-state index contributed by atoms with van der Waals surface area (Å²) in [5.74, 6) is -0.101. The Morgan fingerprint density at radius 2 is 1.80 bits per heavy atom. The van der Waals surface area contributed by atoms with Crippen LogP contribution in [-0.4, -0.2) is 17.5 Å². The van der Waals surface area contributed by atoms with Crippen LogP contribution in [0.25, 0.3) is 0 Å². The Kier molecular flexibility index (Phi) is 4.41. The molecule has 0 bridgehead atoms. The molecule has 0 spiro atoms. The van der Waals surface area contributed by atoms with Gasteiger partial charge in [0.2, 0.25) is 0 Å². The number of ether oxygens (including phenoxy) is 1. The molecule has 4 nitrogen and oxygen atoms in total. The van der Waals surface area contributed by atoms with E-state index in [1.54, 1.807) is 0 Å². The van der Waals surface area contributed by atoms with Crippen LogP contribution in [0.5, 0.6) is 0 Å². The van der Waals surface area contributed by atoms with E-state index in [4.69, 9.17) is 4.74 Å². The van der Waals surface area contributed by atoms with Crippen LogP contribution >= 0.6 is 0 Å². The number of pyridine rings is 1. The molecule has 0 radical (unpaired) electrons. The van der Waals surface area contributed by atoms with Crippen molar-refractivity contribution in [3.05, 3.63) is 64.5 Å². The van der Waals surface area contributed by atoms with Crippen molar-refractivity contribution >= 4 is 5.91 Å². The van der Waals surface area contributed by atoms with Crippen LogP contribution in [-0.2, 0) is 27.1 Å². The highest BCUT2D eigenvalue weighted by atomic mass is 16.6. The second kappa shape index (κ2) is 6.26. The highest BCUT2D eigenvalue weighted by Gasteiger charge is 2.53. The molecule has 1 aliphatic heterocycles. The van der Waals surface area contributed by atoms with E-state index in [1.807, 2.05) is 38.1 Å². The van der Waals surface area contributed by atoms with Crippen molar-refractivity contribution in [3.63, 3.8) is 0 Å². The van der Waals surface area contributed by atoms with Crippen molar-refractivity contribution in [3.8, 4) is 0 Å². The second-order valence-electron chi connectivity index (χ2n) is 7.83. The predicted octanol–water partition coefficient (Wildman–Crippen LogP) is 3.54. The summed E-state index contributed by atoms with van der Waals surface area (Å²) < 4.78 is 5.57. The first kappa shape index (κ1) is 17.6. The van der Waals surface area contributed by atoms with Gasteiger partial charge in [0, 0.05) is 5.69 Å². The number of nitrogens with zero attached hydrogens (tertiary/aromatic N) is 1. The first-order valence-electron chi connectivity index (χ1n) is 8.69. The Morgan fingerprint density at radius 1 is 1.16 bits per heavy atom. The van der Waals surface area contributed by atoms with Gasteiger partial charge in [-0.05, 0) is 42.0 Å². The highest BCUT2D eigenvalue weighted by Crippen LogP contribution is 2.39. The maximum absolute atomic E-state index is 12.7. The highest BCUT2D eigenvalue weighted by molar-refractivity contribution is 5.89. The van der Waals surface area contributed by atoms with Crippen LogP contribution in [0.4, 0.5) is 0 Å². The molecule has 1 aromatic carbocycles. The normalized spacial score (nSPS) is 19.6. The third-order valence-corrected chi connectivity index (χ3v) is 4.85. The summed E-state index contributed by atoms with van der Waals surface area (Å²) in [5, 5.41) is 2.97. The van der Waals surface area contributed by atoms with Crippen molar-refractivity contribution in [1.29, 1.82) is 0 Å². The number of hydrogen-bond donors (Lipinski definition) is 1. The Hall–Kier alpha value is -2.20. The lowest BCUT2D eigenvalue weighted by Gasteiger charge is -2.20. The van der Waals surface area contributed by atoms with Crippen molar-refractivity contribution in [2.45, 2.75) is 52.2 Å². The van der Waals surface area contributed by atoms with Gasteiger partial charge in [-0.1, -0.05) is 51.1 Å². The molecule has 1 N–H and O–H groups in total. The quantitative estimate of drug-likeness (QED) is 0.868. The van der Waals surface area contributed by atoms with Crippen LogP contribution in [0.15, 0.2) is 36.4 Å². The van der Waals surface area contributed by atoms with Crippen LogP contribution in [0, 0.1) is 13.8 Å². The average Bonchev–Trinajstić information content (AvgIpc) is 3.37. The van der Waals surface area contributed by atoms with Gasteiger partial charge < -0.3 is 10.1 Å². The van der Waals surface area contributed by atoms with Crippen molar-refractivity contribution in [2.24, 2.45) is 0 Å². The largest absolute Gasteiger partial charge is 0.354 e. The Morgan fingerprint density at radius 3 is 2.32 bits per heavy atom. The van der Waals surface area contributed by atoms with E-state index in [9.17, 15) is 4.79 Å². The molecule has 0 aliphatic carbocycles. The standard InChI is InChI=1S/C21H26N2O2/c1-14-6-11-18(23-15(14)2)12-22-19(24)21(13-25-21)17-9-7-16(8-10-17)20(3,4)5/h6-11H,12-13H2,1-5H3,(H,22,24). The summed E-state index contributed by atoms with van der Waals surface area (Å²) in [4.78, 5) is 17.2. The van der Waals surface area contributed by atoms with Crippen molar-refractivity contribution in [1.82, 2.24) is 10.3 Å². The zero-order valence-electron chi connectivity index (χ0n) is 15.6. The van der Waals surface area contributed by atoms with E-state index >= 15 is 0 Å². The lowest BCUT2D eigenvalue weighted by Crippen LogP contribution is -2.35. The first-order chi connectivity index (χ1) is 11.7. The number of hydrogen-bond acceptors (Lipinski definition) is 3. The lowest BCUT2D eigenvalue weighted by molar-refractivity contribution is -0.126. The molecule has 1 aromatic heterocycles. The molecule has 3 rings (SSSR count). The van der Waals surface area contributed by atoms with Gasteiger partial charge >= 0.3 is 0 Å². The van der Waals surface area contributed by atoms with Gasteiger partial charge in [-0.15, -0.1) is 0 Å². The summed E-state index contributed by atoms with van der Waals surface area (Å²) in [6, 6.07) is 12.1. The predicted molar refractivity (Wildman–Crippen MR) is 98.3 cm³/mol. The summed E-state index contributed by atoms with van der Waals surface area (Å²) in [5.41, 5.74) is 4.40. The molecule has 1 unspecified atom stereocenters. The van der Waals surface area contributed by atoms with Gasteiger partial charge in [-0.3, -0.25) is 9.78 Å². The van der Waals surface area contributed by atoms with Crippen molar-refractivity contribution in [2.75, 3.05) is 6.61 Å². The summed E-state index contributed by atoms with van der Waals surface area (Å²) in [6.45, 7) is 11.4. The molecule has 25 heavy (non-hydrogen) atoms. The number of aromatic nitrogens is 1. The van der Waals surface area contributed by atoms with Crippen LogP contribution < -0.4 is 5.32 Å². The van der Waals surface area contributed by atoms with Gasteiger partial charge in [0.05, 0.1) is 18.8 Å². The smallest absolute Gasteiger partial charge is 0.259 e. The monoisotopic (exact) mass is 338 g/mol. The maximum atomic E-state index is 12.7. The summed E-state index contributed by atoms with van der Waals surface area (Å²) in [7, 11) is 0. The minimum absolute atomic E-state index is 0.0906. The zero-order valence-corrected chi connectivity index (χ0v) is 15.6. The second-order valence-corrected chi connectivity index (χ2v) is 7.83. The van der Waals surface area contributed by atoms with Gasteiger partial charge in [-0.25, -0.2) is 0 Å². The molecular weight excluding hydrogens is 312 g/mol. The van der Waals surface area contributed by atoms with Crippen LogP contribution in [0.1, 0.15) is 48.8 Å². The molecule has 1 atom stereocenters. The molecular formula is C21H26N2O2. The number of aryl methyl sites for hydroxylation is 2. The Labute approximate surface area is 149 Å². The fraction of sp³-hybridized carbons (Fsp3) is 0.429. The molecule has 132 valence electrons. The fourth-order valence-electron chi connectivity index (χ4n) is 2.84. The fourth-order valence-corrected chi connectivity index (χ4v) is 2.84. The van der Waals surface area contributed by atoms with Gasteiger partial charge in [-0.2, -0.15) is 0 Å². The molecule has 1 amide bonds. The lowest BCUT2D eigenvalue weighted by atomic mass is 9.85. The molecule has 1 aliphatic rings. The van der Waals surface area contributed by atoms with E-state index in [1.165, 1.54) is 5.56 Å². The minimum atomic E-state index is -0.837. The number of epoxide rings is 1. The number of benzene rings is 1. The number of nitrogens with one attached hydrogen (secondary N) is 1. The first-order valence-corrected chi connectivity index (χ1v) is 8.69. The van der Waals surface area contributed by atoms with E-state index in [0.717, 1.165) is 22.5 Å². The Balaban J connectivity index is 1.70. The van der Waals surface area contributed by atoms with Gasteiger partial charge in [0.15, 0.2) is 5.60 Å². The zero-order chi connectivity index (χ0) is 18.2. The molecule has 0 saturated carbocycles. The molecule has 1 saturated heterocycles. The van der Waals surface area contributed by atoms with Gasteiger partial charge in [0.1, 0.15) is 0 Å². The SMILES string of the molecule is Cc1ccc(CNC(=O)C2(c3ccc(C(C)(C)C)cc3)CO2)nc1C. The van der Waals surface area contributed by atoms with Crippen LogP contribution in [0.3, 0.4) is 0 Å². The topological polar surface area (TPSA) is 54.5 Å². The summed E-state index contributed by atoms with van der Waals surface area (Å²) in [6.07, 6.45) is 0. The van der Waals surface area contributed by atoms with Crippen molar-refractivity contribution < 1.29 is 9.53 Å². The summed E-state index contributed by atoms with van der Waals surface area (Å²) >= 11 is 0. The number of rotatable bonds is 4. The van der Waals surface area contributed by atoms with E-state index < -0.39 is 5.60 Å². The van der Waals surface area contributed by atoms with Crippen LogP contribution in [0.2, 0.25) is 0 Å². The molecule has 2 heterocycles. The number of carbonyl (C=O) groups is 1. The number of amides is 1. The molecule has 2 aromatic rings. The molecule has 4 heteroatoms. The minimum Gasteiger partial charge on any atom is -0.354 e. The third kappa shape index (κ3) is 3.59. The number of carbonyl (C=O) groups excluding carboxylic acids is 1. The third-order valence-electron chi connectivity index (χ3n) is 4.85. The molecule has 1 fully saturated rings. The Bertz CT molecular complexity index is 785. The average molecular weight is 338 g/mol. The maximum Gasteiger partial charge on any atom is 0.259 e. The van der Waals surface area contributed by atoms with E-state index in [2.05, 4.69) is 43.2 Å². The van der Waals surface area contributed by atoms with E-state index in [-0.39, 0.29) is 11.3 Å².